The lowest BCUT2D eigenvalue weighted by Gasteiger charge is -2.08. The highest BCUT2D eigenvalue weighted by Crippen LogP contribution is 2.14. The Morgan fingerprint density at radius 2 is 2.28 bits per heavy atom. The standard InChI is InChI=1S/C13H16FNO3/c1-9(2)8-18-6-5-15-10-3-4-11(13(16)17)12(14)7-10/h3-4,7,15H,1,5-6,8H2,2H3,(H,16,17). The molecule has 5 heteroatoms. The molecule has 0 unspecified atom stereocenters. The molecule has 0 heterocycles. The van der Waals surface area contributed by atoms with Crippen molar-refractivity contribution in [2.24, 2.45) is 0 Å². The van der Waals surface area contributed by atoms with Gasteiger partial charge in [-0.1, -0.05) is 12.2 Å². The molecule has 0 bridgehead atoms. The molecular formula is C13H16FNO3. The summed E-state index contributed by atoms with van der Waals surface area (Å²) in [6, 6.07) is 3.90. The van der Waals surface area contributed by atoms with E-state index in [9.17, 15) is 9.18 Å². The largest absolute Gasteiger partial charge is 0.478 e. The van der Waals surface area contributed by atoms with E-state index >= 15 is 0 Å². The summed E-state index contributed by atoms with van der Waals surface area (Å²) >= 11 is 0. The highest BCUT2D eigenvalue weighted by molar-refractivity contribution is 5.88. The number of halogens is 1. The number of carboxylic acids is 1. The van der Waals surface area contributed by atoms with Gasteiger partial charge in [-0.3, -0.25) is 0 Å². The van der Waals surface area contributed by atoms with Crippen LogP contribution in [0.3, 0.4) is 0 Å². The van der Waals surface area contributed by atoms with Gasteiger partial charge in [0.15, 0.2) is 0 Å². The number of aromatic carboxylic acids is 1. The van der Waals surface area contributed by atoms with E-state index in [0.717, 1.165) is 11.6 Å². The monoisotopic (exact) mass is 253 g/mol. The minimum atomic E-state index is -1.27. The number of carbonyl (C=O) groups is 1. The normalized spacial score (nSPS) is 10.1. The minimum absolute atomic E-state index is 0.334. The lowest BCUT2D eigenvalue weighted by molar-refractivity contribution is 0.0692. The third-order valence-corrected chi connectivity index (χ3v) is 2.12. The molecule has 0 saturated heterocycles. The highest BCUT2D eigenvalue weighted by Gasteiger charge is 2.09. The molecule has 1 rings (SSSR count). The van der Waals surface area contributed by atoms with Crippen molar-refractivity contribution < 1.29 is 19.0 Å². The number of benzene rings is 1. The number of ether oxygens (including phenoxy) is 1. The van der Waals surface area contributed by atoms with Gasteiger partial charge < -0.3 is 15.2 Å². The number of hydrogen-bond acceptors (Lipinski definition) is 3. The average Bonchev–Trinajstić information content (AvgIpc) is 2.27. The van der Waals surface area contributed by atoms with Crippen LogP contribution in [0.25, 0.3) is 0 Å². The number of hydrogen-bond donors (Lipinski definition) is 2. The maximum absolute atomic E-state index is 13.3. The van der Waals surface area contributed by atoms with Gasteiger partial charge in [0.25, 0.3) is 0 Å². The third-order valence-electron chi connectivity index (χ3n) is 2.12. The Bertz CT molecular complexity index is 446. The molecule has 1 aromatic carbocycles. The Hall–Kier alpha value is -1.88. The Morgan fingerprint density at radius 3 is 2.83 bits per heavy atom. The summed E-state index contributed by atoms with van der Waals surface area (Å²) in [7, 11) is 0. The van der Waals surface area contributed by atoms with E-state index in [1.807, 2.05) is 6.92 Å². The molecule has 0 amide bonds. The van der Waals surface area contributed by atoms with Crippen LogP contribution >= 0.6 is 0 Å². The van der Waals surface area contributed by atoms with E-state index in [1.165, 1.54) is 12.1 Å². The summed E-state index contributed by atoms with van der Waals surface area (Å²) in [6.07, 6.45) is 0. The molecule has 0 aromatic heterocycles. The molecule has 98 valence electrons. The molecule has 0 atom stereocenters. The quantitative estimate of drug-likeness (QED) is 0.579. The first-order valence-corrected chi connectivity index (χ1v) is 5.49. The van der Waals surface area contributed by atoms with Gasteiger partial charge in [0.1, 0.15) is 5.82 Å². The van der Waals surface area contributed by atoms with E-state index in [4.69, 9.17) is 9.84 Å². The average molecular weight is 253 g/mol. The van der Waals surface area contributed by atoms with Crippen molar-refractivity contribution in [3.8, 4) is 0 Å². The topological polar surface area (TPSA) is 58.6 Å². The van der Waals surface area contributed by atoms with Crippen LogP contribution in [0.5, 0.6) is 0 Å². The lowest BCUT2D eigenvalue weighted by Crippen LogP contribution is -2.11. The second-order valence-corrected chi connectivity index (χ2v) is 3.94. The molecule has 0 saturated carbocycles. The van der Waals surface area contributed by atoms with Gasteiger partial charge in [-0.05, 0) is 25.1 Å². The van der Waals surface area contributed by atoms with E-state index in [1.54, 1.807) is 0 Å². The maximum atomic E-state index is 13.3. The molecule has 0 aliphatic rings. The summed E-state index contributed by atoms with van der Waals surface area (Å²) in [5.41, 5.74) is 1.13. The number of carboxylic acid groups (broad SMARTS) is 1. The Balaban J connectivity index is 2.42. The van der Waals surface area contributed by atoms with Crippen molar-refractivity contribution in [2.75, 3.05) is 25.1 Å². The summed E-state index contributed by atoms with van der Waals surface area (Å²) < 4.78 is 18.6. The fraction of sp³-hybridized carbons (Fsp3) is 0.308. The second-order valence-electron chi connectivity index (χ2n) is 3.94. The lowest BCUT2D eigenvalue weighted by atomic mass is 10.2. The van der Waals surface area contributed by atoms with Crippen LogP contribution in [-0.4, -0.2) is 30.8 Å². The van der Waals surface area contributed by atoms with Gasteiger partial charge in [0, 0.05) is 12.2 Å². The first kappa shape index (κ1) is 14.2. The SMILES string of the molecule is C=C(C)COCCNc1ccc(C(=O)O)c(F)c1. The molecule has 1 aromatic rings. The molecule has 0 fully saturated rings. The van der Waals surface area contributed by atoms with Gasteiger partial charge in [0.2, 0.25) is 0 Å². The van der Waals surface area contributed by atoms with Gasteiger partial charge in [0.05, 0.1) is 18.8 Å². The predicted molar refractivity (Wildman–Crippen MR) is 67.5 cm³/mol. The van der Waals surface area contributed by atoms with Gasteiger partial charge in [-0.15, -0.1) is 0 Å². The molecule has 0 spiro atoms. The summed E-state index contributed by atoms with van der Waals surface area (Å²) in [5, 5.41) is 11.6. The fourth-order valence-corrected chi connectivity index (χ4v) is 1.31. The van der Waals surface area contributed by atoms with E-state index < -0.39 is 11.8 Å². The minimum Gasteiger partial charge on any atom is -0.478 e. The molecule has 0 aliphatic carbocycles. The van der Waals surface area contributed by atoms with Crippen LogP contribution in [0.2, 0.25) is 0 Å². The van der Waals surface area contributed by atoms with Crippen molar-refractivity contribution in [3.63, 3.8) is 0 Å². The molecule has 2 N–H and O–H groups in total. The van der Waals surface area contributed by atoms with Crippen LogP contribution in [0, 0.1) is 5.82 Å². The zero-order chi connectivity index (χ0) is 13.5. The summed E-state index contributed by atoms with van der Waals surface area (Å²) in [4.78, 5) is 10.6. The molecule has 0 aliphatic heterocycles. The highest BCUT2D eigenvalue weighted by atomic mass is 19.1. The first-order valence-electron chi connectivity index (χ1n) is 5.49. The van der Waals surface area contributed by atoms with Crippen LogP contribution in [0.15, 0.2) is 30.4 Å². The zero-order valence-electron chi connectivity index (χ0n) is 10.2. The zero-order valence-corrected chi connectivity index (χ0v) is 10.2. The smallest absolute Gasteiger partial charge is 0.338 e. The Kier molecular flexibility index (Phi) is 5.32. The number of rotatable bonds is 7. The van der Waals surface area contributed by atoms with E-state index in [2.05, 4.69) is 11.9 Å². The number of nitrogens with one attached hydrogen (secondary N) is 1. The molecule has 18 heavy (non-hydrogen) atoms. The molecule has 0 radical (unpaired) electrons. The van der Waals surface area contributed by atoms with Crippen LogP contribution in [0.1, 0.15) is 17.3 Å². The van der Waals surface area contributed by atoms with Crippen molar-refractivity contribution in [1.82, 2.24) is 0 Å². The number of anilines is 1. The van der Waals surface area contributed by atoms with Crippen LogP contribution in [0.4, 0.5) is 10.1 Å². The predicted octanol–water partition coefficient (Wildman–Crippen LogP) is 2.53. The van der Waals surface area contributed by atoms with Gasteiger partial charge in [-0.25, -0.2) is 9.18 Å². The van der Waals surface area contributed by atoms with E-state index in [-0.39, 0.29) is 5.56 Å². The van der Waals surface area contributed by atoms with Crippen molar-refractivity contribution in [2.45, 2.75) is 6.92 Å². The Labute approximate surface area is 105 Å². The van der Waals surface area contributed by atoms with E-state index in [0.29, 0.717) is 25.4 Å². The second kappa shape index (κ2) is 6.76. The van der Waals surface area contributed by atoms with Gasteiger partial charge >= 0.3 is 5.97 Å². The van der Waals surface area contributed by atoms with Crippen molar-refractivity contribution >= 4 is 11.7 Å². The third kappa shape index (κ3) is 4.55. The summed E-state index contributed by atoms with van der Waals surface area (Å²) in [6.45, 7) is 7.04. The van der Waals surface area contributed by atoms with Crippen LogP contribution < -0.4 is 5.32 Å². The maximum Gasteiger partial charge on any atom is 0.338 e. The van der Waals surface area contributed by atoms with Gasteiger partial charge in [-0.2, -0.15) is 0 Å². The summed E-state index contributed by atoms with van der Waals surface area (Å²) in [5.74, 6) is -2.03. The van der Waals surface area contributed by atoms with Crippen LogP contribution in [-0.2, 0) is 4.74 Å². The first-order chi connectivity index (χ1) is 8.50. The van der Waals surface area contributed by atoms with Crippen molar-refractivity contribution in [1.29, 1.82) is 0 Å². The molecular weight excluding hydrogens is 237 g/mol. The molecule has 4 nitrogen and oxygen atoms in total. The fourth-order valence-electron chi connectivity index (χ4n) is 1.31. The Morgan fingerprint density at radius 1 is 1.56 bits per heavy atom. The van der Waals surface area contributed by atoms with Crippen molar-refractivity contribution in [3.05, 3.63) is 41.7 Å².